The highest BCUT2D eigenvalue weighted by atomic mass is 35.5. The van der Waals surface area contributed by atoms with Crippen molar-refractivity contribution in [3.05, 3.63) is 59.6 Å². The second kappa shape index (κ2) is 9.74. The first-order valence-corrected chi connectivity index (χ1v) is 8.50. The number of likely N-dealkylation sites (tertiary alicyclic amines) is 1. The standard InChI is InChI=1S/C18H23ClN4O2/c1-14(21-10-2-9-20)25-17-7-11-23(12-8-17)18(24)22-13-15-3-5-16(19)6-4-15/h2-6,9-10,17H,1,7-8,11-13,20H2,(H,22,24)/b9-2-,21-10?. The van der Waals surface area contributed by atoms with Gasteiger partial charge in [-0.2, -0.15) is 0 Å². The molecule has 1 saturated heterocycles. The number of rotatable bonds is 6. The van der Waals surface area contributed by atoms with Gasteiger partial charge in [0.25, 0.3) is 0 Å². The number of nitrogens with one attached hydrogen (secondary N) is 1. The van der Waals surface area contributed by atoms with Crippen molar-refractivity contribution in [2.75, 3.05) is 13.1 Å². The van der Waals surface area contributed by atoms with Crippen LogP contribution < -0.4 is 11.1 Å². The van der Waals surface area contributed by atoms with Gasteiger partial charge in [0.2, 0.25) is 5.88 Å². The molecule has 1 aromatic carbocycles. The van der Waals surface area contributed by atoms with Gasteiger partial charge in [0.05, 0.1) is 0 Å². The Bertz CT molecular complexity index is 635. The number of piperidine rings is 1. The molecule has 0 atom stereocenters. The number of amides is 2. The van der Waals surface area contributed by atoms with Gasteiger partial charge in [-0.05, 0) is 36.6 Å². The Balaban J connectivity index is 1.71. The second-order valence-electron chi connectivity index (χ2n) is 5.65. The molecule has 3 N–H and O–H groups in total. The monoisotopic (exact) mass is 362 g/mol. The Morgan fingerprint density at radius 2 is 2.08 bits per heavy atom. The molecule has 1 heterocycles. The number of hydrogen-bond donors (Lipinski definition) is 2. The van der Waals surface area contributed by atoms with Crippen LogP contribution in [-0.4, -0.2) is 36.3 Å². The third-order valence-corrected chi connectivity index (χ3v) is 4.06. The molecule has 7 heteroatoms. The topological polar surface area (TPSA) is 80.0 Å². The largest absolute Gasteiger partial charge is 0.475 e. The van der Waals surface area contributed by atoms with Crippen molar-refractivity contribution < 1.29 is 9.53 Å². The van der Waals surface area contributed by atoms with Crippen LogP contribution in [0, 0.1) is 0 Å². The number of carbonyl (C=O) groups excluding carboxylic acids is 1. The molecule has 134 valence electrons. The predicted octanol–water partition coefficient (Wildman–Crippen LogP) is 3.05. The summed E-state index contributed by atoms with van der Waals surface area (Å²) in [5.74, 6) is 0.351. The average molecular weight is 363 g/mol. The Labute approximate surface area is 153 Å². The third-order valence-electron chi connectivity index (χ3n) is 3.80. The number of carbonyl (C=O) groups is 1. The minimum Gasteiger partial charge on any atom is -0.475 e. The van der Waals surface area contributed by atoms with Gasteiger partial charge in [0.1, 0.15) is 6.10 Å². The van der Waals surface area contributed by atoms with Gasteiger partial charge in [0.15, 0.2) is 0 Å². The molecule has 0 unspecified atom stereocenters. The Morgan fingerprint density at radius 3 is 2.72 bits per heavy atom. The maximum atomic E-state index is 12.2. The molecule has 1 aliphatic heterocycles. The van der Waals surface area contributed by atoms with Crippen molar-refractivity contribution in [1.29, 1.82) is 0 Å². The van der Waals surface area contributed by atoms with Gasteiger partial charge in [-0.3, -0.25) is 0 Å². The zero-order valence-electron chi connectivity index (χ0n) is 14.0. The van der Waals surface area contributed by atoms with Crippen molar-refractivity contribution in [3.63, 3.8) is 0 Å². The maximum Gasteiger partial charge on any atom is 0.317 e. The molecule has 0 saturated carbocycles. The first kappa shape index (κ1) is 18.9. The van der Waals surface area contributed by atoms with Crippen LogP contribution in [0.1, 0.15) is 18.4 Å². The number of ether oxygens (including phenoxy) is 1. The van der Waals surface area contributed by atoms with Crippen LogP contribution in [0.3, 0.4) is 0 Å². The number of nitrogens with two attached hydrogens (primary N) is 1. The fourth-order valence-electron chi connectivity index (χ4n) is 2.47. The minimum absolute atomic E-state index is 0.0202. The lowest BCUT2D eigenvalue weighted by atomic mass is 10.1. The number of urea groups is 1. The van der Waals surface area contributed by atoms with Crippen LogP contribution >= 0.6 is 11.6 Å². The number of aliphatic imine (C=N–C) groups is 1. The zero-order chi connectivity index (χ0) is 18.1. The molecule has 1 aromatic rings. The molecule has 2 amide bonds. The summed E-state index contributed by atoms with van der Waals surface area (Å²) in [4.78, 5) is 18.0. The van der Waals surface area contributed by atoms with Crippen LogP contribution in [0.25, 0.3) is 0 Å². The van der Waals surface area contributed by atoms with Crippen LogP contribution in [0.4, 0.5) is 4.79 Å². The number of benzene rings is 1. The quantitative estimate of drug-likeness (QED) is 0.603. The summed E-state index contributed by atoms with van der Waals surface area (Å²) in [6, 6.07) is 7.34. The molecule has 0 radical (unpaired) electrons. The first-order chi connectivity index (χ1) is 12.1. The summed E-state index contributed by atoms with van der Waals surface area (Å²) in [6.07, 6.45) is 6.03. The Kier molecular flexibility index (Phi) is 7.35. The van der Waals surface area contributed by atoms with E-state index < -0.39 is 0 Å². The van der Waals surface area contributed by atoms with Crippen molar-refractivity contribution in [2.45, 2.75) is 25.5 Å². The summed E-state index contributed by atoms with van der Waals surface area (Å²) in [5, 5.41) is 3.60. The van der Waals surface area contributed by atoms with Crippen molar-refractivity contribution >= 4 is 23.8 Å². The molecule has 0 aromatic heterocycles. The number of hydrogen-bond acceptors (Lipinski definition) is 4. The number of allylic oxidation sites excluding steroid dienone is 1. The van der Waals surface area contributed by atoms with E-state index in [9.17, 15) is 4.79 Å². The van der Waals surface area contributed by atoms with E-state index >= 15 is 0 Å². The third kappa shape index (κ3) is 6.51. The van der Waals surface area contributed by atoms with E-state index in [-0.39, 0.29) is 12.1 Å². The predicted molar refractivity (Wildman–Crippen MR) is 100 cm³/mol. The van der Waals surface area contributed by atoms with Crippen LogP contribution in [0.2, 0.25) is 5.02 Å². The summed E-state index contributed by atoms with van der Waals surface area (Å²) < 4.78 is 5.67. The lowest BCUT2D eigenvalue weighted by molar-refractivity contribution is 0.0598. The highest BCUT2D eigenvalue weighted by Gasteiger charge is 2.23. The van der Waals surface area contributed by atoms with E-state index in [1.165, 1.54) is 12.4 Å². The summed E-state index contributed by atoms with van der Waals surface area (Å²) in [7, 11) is 0. The number of nitrogens with zero attached hydrogens (tertiary/aromatic N) is 2. The van der Waals surface area contributed by atoms with Gasteiger partial charge in [-0.1, -0.05) is 23.7 Å². The normalized spacial score (nSPS) is 15.6. The fraction of sp³-hybridized carbons (Fsp3) is 0.333. The van der Waals surface area contributed by atoms with Crippen LogP contribution in [0.5, 0.6) is 0 Å². The smallest absolute Gasteiger partial charge is 0.317 e. The first-order valence-electron chi connectivity index (χ1n) is 8.12. The average Bonchev–Trinajstić information content (AvgIpc) is 2.62. The van der Waals surface area contributed by atoms with E-state index in [1.807, 2.05) is 24.3 Å². The van der Waals surface area contributed by atoms with Crippen LogP contribution in [0.15, 0.2) is 54.0 Å². The molecule has 0 bridgehead atoms. The van der Waals surface area contributed by atoms with Gasteiger partial charge >= 0.3 is 6.03 Å². The minimum atomic E-state index is -0.0710. The van der Waals surface area contributed by atoms with Gasteiger partial charge in [0, 0.05) is 43.7 Å². The second-order valence-corrected chi connectivity index (χ2v) is 6.08. The van der Waals surface area contributed by atoms with Gasteiger partial charge in [-0.25, -0.2) is 9.79 Å². The molecule has 25 heavy (non-hydrogen) atoms. The highest BCUT2D eigenvalue weighted by molar-refractivity contribution is 6.30. The summed E-state index contributed by atoms with van der Waals surface area (Å²) in [6.45, 7) is 5.50. The molecular weight excluding hydrogens is 340 g/mol. The summed E-state index contributed by atoms with van der Waals surface area (Å²) >= 11 is 5.85. The van der Waals surface area contributed by atoms with E-state index in [1.54, 1.807) is 11.0 Å². The van der Waals surface area contributed by atoms with Crippen molar-refractivity contribution in [1.82, 2.24) is 10.2 Å². The van der Waals surface area contributed by atoms with E-state index in [2.05, 4.69) is 16.9 Å². The lowest BCUT2D eigenvalue weighted by Crippen LogP contribution is -2.45. The fourth-order valence-corrected chi connectivity index (χ4v) is 2.59. The van der Waals surface area contributed by atoms with Crippen molar-refractivity contribution in [3.8, 4) is 0 Å². The number of halogens is 1. The Hall–Kier alpha value is -2.47. The molecular formula is C18H23ClN4O2. The molecule has 2 rings (SSSR count). The molecule has 1 fully saturated rings. The van der Waals surface area contributed by atoms with E-state index in [0.29, 0.717) is 30.5 Å². The van der Waals surface area contributed by atoms with E-state index in [0.717, 1.165) is 18.4 Å². The highest BCUT2D eigenvalue weighted by Crippen LogP contribution is 2.17. The molecule has 6 nitrogen and oxygen atoms in total. The molecule has 1 aliphatic rings. The molecule has 0 aliphatic carbocycles. The SMILES string of the molecule is C=C(N=C/C=C\N)OC1CCN(C(=O)NCc2ccc(Cl)cc2)CC1. The van der Waals surface area contributed by atoms with Crippen molar-refractivity contribution in [2.24, 2.45) is 10.7 Å². The summed E-state index contributed by atoms with van der Waals surface area (Å²) in [5.41, 5.74) is 6.23. The lowest BCUT2D eigenvalue weighted by Gasteiger charge is -2.32. The van der Waals surface area contributed by atoms with E-state index in [4.69, 9.17) is 22.1 Å². The zero-order valence-corrected chi connectivity index (χ0v) is 14.8. The maximum absolute atomic E-state index is 12.2. The Morgan fingerprint density at radius 1 is 1.40 bits per heavy atom. The van der Waals surface area contributed by atoms with Crippen LogP contribution in [-0.2, 0) is 11.3 Å². The van der Waals surface area contributed by atoms with Gasteiger partial charge in [-0.15, -0.1) is 0 Å². The van der Waals surface area contributed by atoms with Gasteiger partial charge < -0.3 is 20.7 Å². The molecule has 0 spiro atoms.